The summed E-state index contributed by atoms with van der Waals surface area (Å²) < 4.78 is 0. The topological polar surface area (TPSA) is 69.6 Å². The summed E-state index contributed by atoms with van der Waals surface area (Å²) in [4.78, 5) is 25.0. The van der Waals surface area contributed by atoms with Crippen LogP contribution in [0.1, 0.15) is 24.0 Å². The molecule has 1 aliphatic heterocycles. The van der Waals surface area contributed by atoms with Crippen LogP contribution in [0.15, 0.2) is 24.3 Å². The lowest BCUT2D eigenvalue weighted by atomic mass is 9.95. The average molecular weight is 274 g/mol. The third-order valence-electron chi connectivity index (χ3n) is 3.96. The van der Waals surface area contributed by atoms with Crippen LogP contribution in [0.3, 0.4) is 0 Å². The van der Waals surface area contributed by atoms with Crippen molar-refractivity contribution in [1.29, 1.82) is 0 Å². The van der Waals surface area contributed by atoms with Gasteiger partial charge in [0.05, 0.1) is 6.04 Å². The Kier molecular flexibility index (Phi) is 3.44. The van der Waals surface area contributed by atoms with E-state index in [1.807, 2.05) is 18.2 Å². The molecular weight excluding hydrogens is 256 g/mol. The van der Waals surface area contributed by atoms with Gasteiger partial charge in [0.2, 0.25) is 5.91 Å². The van der Waals surface area contributed by atoms with Gasteiger partial charge in [-0.3, -0.25) is 9.59 Å². The fourth-order valence-corrected chi connectivity index (χ4v) is 2.75. The highest BCUT2D eigenvalue weighted by Gasteiger charge is 2.37. The zero-order chi connectivity index (χ0) is 14.1. The van der Waals surface area contributed by atoms with E-state index >= 15 is 0 Å². The first-order valence-electron chi connectivity index (χ1n) is 6.97. The fraction of sp³-hybridized carbons (Fsp3) is 0.467. The molecule has 3 rings (SSSR count). The van der Waals surface area contributed by atoms with E-state index in [1.165, 1.54) is 16.0 Å². The highest BCUT2D eigenvalue weighted by atomic mass is 16.4. The summed E-state index contributed by atoms with van der Waals surface area (Å²) in [5.74, 6) is -1.02. The van der Waals surface area contributed by atoms with Gasteiger partial charge in [-0.2, -0.15) is 0 Å². The van der Waals surface area contributed by atoms with Crippen molar-refractivity contribution in [1.82, 2.24) is 10.2 Å². The zero-order valence-corrected chi connectivity index (χ0v) is 11.2. The normalized spacial score (nSPS) is 21.1. The number of carbonyl (C=O) groups excluding carboxylic acids is 1. The maximum Gasteiger partial charge on any atom is 0.323 e. The molecule has 106 valence electrons. The number of rotatable bonds is 4. The second kappa shape index (κ2) is 5.25. The maximum atomic E-state index is 12.5. The molecule has 1 amide bonds. The van der Waals surface area contributed by atoms with E-state index in [4.69, 9.17) is 5.11 Å². The van der Waals surface area contributed by atoms with Crippen molar-refractivity contribution in [3.05, 3.63) is 35.4 Å². The molecule has 0 bridgehead atoms. The minimum Gasteiger partial charge on any atom is -0.480 e. The fourth-order valence-electron chi connectivity index (χ4n) is 2.75. The maximum absolute atomic E-state index is 12.5. The molecule has 1 aliphatic carbocycles. The standard InChI is InChI=1S/C15H18N2O3/c18-14(19)9-17(12-5-6-12)15(20)13-7-10-3-1-2-4-11(10)8-16-13/h1-4,12-13,16H,5-9H2,(H,18,19)/t13-/m0/s1. The van der Waals surface area contributed by atoms with Crippen LogP contribution in [-0.4, -0.2) is 40.5 Å². The predicted molar refractivity (Wildman–Crippen MR) is 73.1 cm³/mol. The summed E-state index contributed by atoms with van der Waals surface area (Å²) in [6.07, 6.45) is 2.47. The predicted octanol–water partition coefficient (Wildman–Crippen LogP) is 0.776. The van der Waals surface area contributed by atoms with Crippen LogP contribution in [0.25, 0.3) is 0 Å². The van der Waals surface area contributed by atoms with Crippen LogP contribution in [0, 0.1) is 0 Å². The Balaban J connectivity index is 1.72. The van der Waals surface area contributed by atoms with Gasteiger partial charge >= 0.3 is 5.97 Å². The Morgan fingerprint density at radius 3 is 2.60 bits per heavy atom. The van der Waals surface area contributed by atoms with E-state index in [2.05, 4.69) is 11.4 Å². The van der Waals surface area contributed by atoms with Crippen molar-refractivity contribution in [3.63, 3.8) is 0 Å². The van der Waals surface area contributed by atoms with E-state index in [0.29, 0.717) is 13.0 Å². The van der Waals surface area contributed by atoms with Crippen molar-refractivity contribution in [2.75, 3.05) is 6.54 Å². The second-order valence-corrected chi connectivity index (χ2v) is 5.50. The summed E-state index contributed by atoms with van der Waals surface area (Å²) in [5, 5.41) is 12.2. The van der Waals surface area contributed by atoms with Gasteiger partial charge in [0.1, 0.15) is 6.54 Å². The van der Waals surface area contributed by atoms with E-state index in [0.717, 1.165) is 12.8 Å². The summed E-state index contributed by atoms with van der Waals surface area (Å²) in [5.41, 5.74) is 2.39. The molecule has 2 N–H and O–H groups in total. The summed E-state index contributed by atoms with van der Waals surface area (Å²) >= 11 is 0. The molecule has 0 unspecified atom stereocenters. The Labute approximate surface area is 117 Å². The molecule has 1 aromatic carbocycles. The van der Waals surface area contributed by atoms with Gasteiger partial charge in [-0.15, -0.1) is 0 Å². The number of amides is 1. The number of nitrogens with one attached hydrogen (secondary N) is 1. The molecule has 0 radical (unpaired) electrons. The van der Waals surface area contributed by atoms with Crippen molar-refractivity contribution in [3.8, 4) is 0 Å². The third-order valence-corrected chi connectivity index (χ3v) is 3.96. The van der Waals surface area contributed by atoms with E-state index in [1.54, 1.807) is 0 Å². The molecule has 0 saturated heterocycles. The lowest BCUT2D eigenvalue weighted by Crippen LogP contribution is -2.51. The van der Waals surface area contributed by atoms with Crippen LogP contribution in [0.2, 0.25) is 0 Å². The second-order valence-electron chi connectivity index (χ2n) is 5.50. The first-order valence-corrected chi connectivity index (χ1v) is 6.97. The van der Waals surface area contributed by atoms with E-state index in [-0.39, 0.29) is 24.5 Å². The van der Waals surface area contributed by atoms with Gasteiger partial charge in [-0.05, 0) is 30.4 Å². The monoisotopic (exact) mass is 274 g/mol. The molecule has 2 aliphatic rings. The van der Waals surface area contributed by atoms with E-state index < -0.39 is 5.97 Å². The molecule has 5 nitrogen and oxygen atoms in total. The number of carboxylic acid groups (broad SMARTS) is 1. The molecule has 0 spiro atoms. The smallest absolute Gasteiger partial charge is 0.323 e. The van der Waals surface area contributed by atoms with Crippen LogP contribution in [-0.2, 0) is 22.6 Å². The van der Waals surface area contributed by atoms with Crippen molar-refractivity contribution >= 4 is 11.9 Å². The molecule has 1 atom stereocenters. The Morgan fingerprint density at radius 1 is 1.25 bits per heavy atom. The SMILES string of the molecule is O=C(O)CN(C(=O)[C@@H]1Cc2ccccc2CN1)C1CC1. The van der Waals surface area contributed by atoms with Gasteiger partial charge in [0, 0.05) is 12.6 Å². The highest BCUT2D eigenvalue weighted by molar-refractivity contribution is 5.86. The Hall–Kier alpha value is -1.88. The summed E-state index contributed by atoms with van der Waals surface area (Å²) in [7, 11) is 0. The number of carboxylic acids is 1. The van der Waals surface area contributed by atoms with Crippen LogP contribution in [0.5, 0.6) is 0 Å². The molecule has 1 fully saturated rings. The highest BCUT2D eigenvalue weighted by Crippen LogP contribution is 2.28. The molecule has 0 aromatic heterocycles. The minimum atomic E-state index is -0.943. The Morgan fingerprint density at radius 2 is 1.95 bits per heavy atom. The number of benzene rings is 1. The first kappa shape index (κ1) is 13.1. The van der Waals surface area contributed by atoms with Crippen LogP contribution < -0.4 is 5.32 Å². The van der Waals surface area contributed by atoms with Gasteiger partial charge in [-0.1, -0.05) is 24.3 Å². The quantitative estimate of drug-likeness (QED) is 0.851. The minimum absolute atomic E-state index is 0.0793. The molecule has 5 heteroatoms. The number of hydrogen-bond donors (Lipinski definition) is 2. The summed E-state index contributed by atoms with van der Waals surface area (Å²) in [6.45, 7) is 0.474. The average Bonchev–Trinajstić information content (AvgIpc) is 3.28. The molecule has 1 heterocycles. The largest absolute Gasteiger partial charge is 0.480 e. The van der Waals surface area contributed by atoms with Crippen molar-refractivity contribution in [2.24, 2.45) is 0 Å². The van der Waals surface area contributed by atoms with Gasteiger partial charge in [0.25, 0.3) is 0 Å². The number of hydrogen-bond acceptors (Lipinski definition) is 3. The Bertz CT molecular complexity index is 540. The van der Waals surface area contributed by atoms with Crippen molar-refractivity contribution in [2.45, 2.75) is 37.9 Å². The van der Waals surface area contributed by atoms with E-state index in [9.17, 15) is 9.59 Å². The van der Waals surface area contributed by atoms with Gasteiger partial charge in [-0.25, -0.2) is 0 Å². The van der Waals surface area contributed by atoms with Crippen LogP contribution in [0.4, 0.5) is 0 Å². The van der Waals surface area contributed by atoms with Crippen LogP contribution >= 0.6 is 0 Å². The van der Waals surface area contributed by atoms with Gasteiger partial charge in [0.15, 0.2) is 0 Å². The van der Waals surface area contributed by atoms with Crippen molar-refractivity contribution < 1.29 is 14.7 Å². The van der Waals surface area contributed by atoms with Gasteiger partial charge < -0.3 is 15.3 Å². The zero-order valence-electron chi connectivity index (χ0n) is 11.2. The third kappa shape index (κ3) is 2.67. The lowest BCUT2D eigenvalue weighted by molar-refractivity contribution is -0.145. The number of carbonyl (C=O) groups is 2. The summed E-state index contributed by atoms with van der Waals surface area (Å²) in [6, 6.07) is 7.88. The number of fused-ring (bicyclic) bond motifs is 1. The number of aliphatic carboxylic acids is 1. The molecule has 20 heavy (non-hydrogen) atoms. The molecule has 1 aromatic rings. The molecular formula is C15H18N2O3. The molecule has 1 saturated carbocycles. The first-order chi connectivity index (χ1) is 9.65. The number of nitrogens with zero attached hydrogens (tertiary/aromatic N) is 1. The lowest BCUT2D eigenvalue weighted by Gasteiger charge is -2.30.